The Hall–Kier alpha value is -3.53. The average molecular weight is 445 g/mol. The van der Waals surface area contributed by atoms with Crippen LogP contribution in [-0.4, -0.2) is 73.2 Å². The fourth-order valence-corrected chi connectivity index (χ4v) is 3.08. The summed E-state index contributed by atoms with van der Waals surface area (Å²) in [5.41, 5.74) is 0.541. The lowest BCUT2D eigenvalue weighted by atomic mass is 10.1. The predicted molar refractivity (Wildman–Crippen MR) is 112 cm³/mol. The Morgan fingerprint density at radius 2 is 2.12 bits per heavy atom. The third kappa shape index (κ3) is 5.79. The van der Waals surface area contributed by atoms with Crippen molar-refractivity contribution in [3.63, 3.8) is 0 Å². The molecule has 2 aromatic rings. The molecule has 1 fully saturated rings. The Bertz CT molecular complexity index is 1010. The zero-order chi connectivity index (χ0) is 23.1. The van der Waals surface area contributed by atoms with E-state index in [1.54, 1.807) is 11.0 Å². The number of ether oxygens (including phenoxy) is 4. The number of methoxy groups -OCH3 is 2. The average Bonchev–Trinajstić information content (AvgIpc) is 2.81. The van der Waals surface area contributed by atoms with E-state index >= 15 is 0 Å². The minimum atomic E-state index is -0.639. The molecule has 0 spiro atoms. The molecule has 2 heterocycles. The molecule has 1 aromatic carbocycles. The highest BCUT2D eigenvalue weighted by atomic mass is 19.1. The minimum absolute atomic E-state index is 0.00807. The largest absolute Gasteiger partial charge is 0.491 e. The number of aromatic nitrogens is 2. The second-order valence-corrected chi connectivity index (χ2v) is 6.94. The van der Waals surface area contributed by atoms with Gasteiger partial charge in [-0.2, -0.15) is 4.98 Å². The summed E-state index contributed by atoms with van der Waals surface area (Å²) >= 11 is 0. The number of benzene rings is 1. The van der Waals surface area contributed by atoms with E-state index in [1.807, 2.05) is 0 Å². The lowest BCUT2D eigenvalue weighted by Gasteiger charge is -2.32. The number of Topliss-reactive ketones (excluding diaryl/α,β-unsaturated/α-hetero) is 1. The van der Waals surface area contributed by atoms with Crippen LogP contribution in [0.5, 0.6) is 17.6 Å². The number of ketones is 1. The molecular formula is C22H24FN3O6. The molecule has 9 nitrogen and oxygen atoms in total. The van der Waals surface area contributed by atoms with E-state index in [2.05, 4.69) is 9.97 Å². The van der Waals surface area contributed by atoms with Crippen molar-refractivity contribution in [2.24, 2.45) is 0 Å². The molecule has 1 aromatic heterocycles. The van der Waals surface area contributed by atoms with Crippen LogP contribution in [0.3, 0.4) is 0 Å². The first-order valence-corrected chi connectivity index (χ1v) is 9.88. The van der Waals surface area contributed by atoms with Crippen LogP contribution in [0, 0.1) is 5.82 Å². The molecule has 1 unspecified atom stereocenters. The second-order valence-electron chi connectivity index (χ2n) is 6.94. The van der Waals surface area contributed by atoms with Gasteiger partial charge < -0.3 is 23.8 Å². The van der Waals surface area contributed by atoms with Crippen molar-refractivity contribution >= 4 is 17.8 Å². The van der Waals surface area contributed by atoms with Crippen LogP contribution in [0.4, 0.5) is 4.39 Å². The third-order valence-corrected chi connectivity index (χ3v) is 4.75. The van der Waals surface area contributed by atoms with Gasteiger partial charge in [0.1, 0.15) is 24.3 Å². The van der Waals surface area contributed by atoms with Crippen molar-refractivity contribution in [3.05, 3.63) is 47.4 Å². The first-order chi connectivity index (χ1) is 15.4. The summed E-state index contributed by atoms with van der Waals surface area (Å²) in [6, 6.07) is 4.23. The van der Waals surface area contributed by atoms with Gasteiger partial charge in [-0.15, -0.1) is 0 Å². The Balaban J connectivity index is 1.57. The highest BCUT2D eigenvalue weighted by Gasteiger charge is 2.24. The lowest BCUT2D eigenvalue weighted by molar-refractivity contribution is -0.134. The van der Waals surface area contributed by atoms with E-state index in [4.69, 9.17) is 18.9 Å². The molecule has 1 aliphatic heterocycles. The monoisotopic (exact) mass is 445 g/mol. The molecule has 0 saturated carbocycles. The zero-order valence-corrected chi connectivity index (χ0v) is 18.0. The summed E-state index contributed by atoms with van der Waals surface area (Å²) in [5.74, 6) is -0.638. The van der Waals surface area contributed by atoms with Crippen LogP contribution in [0.15, 0.2) is 30.5 Å². The van der Waals surface area contributed by atoms with Crippen LogP contribution in [0.2, 0.25) is 0 Å². The minimum Gasteiger partial charge on any atom is -0.491 e. The number of carbonyl (C=O) groups excluding carboxylic acids is 2. The normalized spacial score (nSPS) is 16.1. The first-order valence-electron chi connectivity index (χ1n) is 9.88. The van der Waals surface area contributed by atoms with Gasteiger partial charge >= 0.3 is 6.01 Å². The summed E-state index contributed by atoms with van der Waals surface area (Å²) in [7, 11) is 2.91. The number of hydrogen-bond donors (Lipinski definition) is 0. The number of halogens is 1. The van der Waals surface area contributed by atoms with Crippen molar-refractivity contribution < 1.29 is 32.9 Å². The maximum atomic E-state index is 13.9. The van der Waals surface area contributed by atoms with Crippen LogP contribution in [0.25, 0.3) is 6.08 Å². The van der Waals surface area contributed by atoms with Gasteiger partial charge in [0.2, 0.25) is 11.8 Å². The summed E-state index contributed by atoms with van der Waals surface area (Å²) < 4.78 is 35.3. The van der Waals surface area contributed by atoms with Crippen molar-refractivity contribution in [2.45, 2.75) is 13.0 Å². The fourth-order valence-electron chi connectivity index (χ4n) is 3.08. The van der Waals surface area contributed by atoms with E-state index < -0.39 is 5.82 Å². The number of nitrogens with zero attached hydrogens (tertiary/aromatic N) is 3. The van der Waals surface area contributed by atoms with Crippen molar-refractivity contribution in [2.75, 3.05) is 40.5 Å². The van der Waals surface area contributed by atoms with Gasteiger partial charge in [0, 0.05) is 24.9 Å². The quantitative estimate of drug-likeness (QED) is 0.450. The standard InChI is InChI=1S/C22H24FN3O6/c1-14(27)18-6-5-16(10-19(18)23)32-13-17-12-26(8-9-31-17)20(28)7-4-15-11-24-22(30-3)25-21(15)29-2/h4-7,10-11,17H,8-9,12-13H2,1-3H3/b7-4+. The molecule has 0 aliphatic carbocycles. The van der Waals surface area contributed by atoms with Crippen molar-refractivity contribution in [1.82, 2.24) is 14.9 Å². The lowest BCUT2D eigenvalue weighted by Crippen LogP contribution is -2.47. The SMILES string of the molecule is COc1ncc(/C=C/C(=O)N2CCOC(COc3ccc(C(C)=O)c(F)c3)C2)c(OC)n1. The van der Waals surface area contributed by atoms with E-state index in [0.717, 1.165) is 6.07 Å². The maximum Gasteiger partial charge on any atom is 0.319 e. The topological polar surface area (TPSA) is 100 Å². The van der Waals surface area contributed by atoms with Crippen LogP contribution >= 0.6 is 0 Å². The number of hydrogen-bond acceptors (Lipinski definition) is 8. The Morgan fingerprint density at radius 3 is 2.81 bits per heavy atom. The highest BCUT2D eigenvalue weighted by molar-refractivity contribution is 5.94. The summed E-state index contributed by atoms with van der Waals surface area (Å²) in [6.45, 7) is 2.52. The predicted octanol–water partition coefficient (Wildman–Crippen LogP) is 2.16. The first kappa shape index (κ1) is 23.1. The van der Waals surface area contributed by atoms with Gasteiger partial charge in [0.25, 0.3) is 0 Å². The second kappa shape index (κ2) is 10.7. The third-order valence-electron chi connectivity index (χ3n) is 4.75. The van der Waals surface area contributed by atoms with Gasteiger partial charge in [-0.1, -0.05) is 0 Å². The Morgan fingerprint density at radius 1 is 1.31 bits per heavy atom. The summed E-state index contributed by atoms with van der Waals surface area (Å²) in [6.07, 6.45) is 4.10. The van der Waals surface area contributed by atoms with E-state index in [9.17, 15) is 14.0 Å². The Kier molecular flexibility index (Phi) is 7.72. The molecule has 0 radical (unpaired) electrons. The zero-order valence-electron chi connectivity index (χ0n) is 18.0. The smallest absolute Gasteiger partial charge is 0.319 e. The molecule has 1 amide bonds. The molecule has 3 rings (SSSR count). The summed E-state index contributed by atoms with van der Waals surface area (Å²) in [4.78, 5) is 33.7. The van der Waals surface area contributed by atoms with Gasteiger partial charge in [-0.25, -0.2) is 9.37 Å². The van der Waals surface area contributed by atoms with Crippen molar-refractivity contribution in [1.29, 1.82) is 0 Å². The van der Waals surface area contributed by atoms with Gasteiger partial charge in [0.15, 0.2) is 5.78 Å². The van der Waals surface area contributed by atoms with Gasteiger partial charge in [-0.05, 0) is 25.1 Å². The Labute approximate surface area is 184 Å². The van der Waals surface area contributed by atoms with Crippen LogP contribution in [-0.2, 0) is 9.53 Å². The number of carbonyl (C=O) groups is 2. The number of rotatable bonds is 8. The van der Waals surface area contributed by atoms with Gasteiger partial charge in [-0.3, -0.25) is 9.59 Å². The molecule has 32 heavy (non-hydrogen) atoms. The van der Waals surface area contributed by atoms with E-state index in [-0.39, 0.29) is 47.6 Å². The van der Waals surface area contributed by atoms with Crippen LogP contribution < -0.4 is 14.2 Å². The fraction of sp³-hybridized carbons (Fsp3) is 0.364. The van der Waals surface area contributed by atoms with Crippen molar-refractivity contribution in [3.8, 4) is 17.6 Å². The number of morpholine rings is 1. The number of amides is 1. The molecule has 0 bridgehead atoms. The van der Waals surface area contributed by atoms with E-state index in [1.165, 1.54) is 45.5 Å². The highest BCUT2D eigenvalue weighted by Crippen LogP contribution is 2.20. The molecular weight excluding hydrogens is 421 g/mol. The summed E-state index contributed by atoms with van der Waals surface area (Å²) in [5, 5.41) is 0. The molecule has 170 valence electrons. The van der Waals surface area contributed by atoms with Crippen LogP contribution in [0.1, 0.15) is 22.8 Å². The van der Waals surface area contributed by atoms with Gasteiger partial charge in [0.05, 0.1) is 38.5 Å². The molecule has 10 heteroatoms. The maximum absolute atomic E-state index is 13.9. The molecule has 0 N–H and O–H groups in total. The molecule has 1 aliphatic rings. The molecule has 1 saturated heterocycles. The van der Waals surface area contributed by atoms with E-state index in [0.29, 0.717) is 25.3 Å². The molecule has 1 atom stereocenters.